The first-order valence-corrected chi connectivity index (χ1v) is 9.04. The molecule has 26 heavy (non-hydrogen) atoms. The molecule has 8 heteroatoms. The van der Waals surface area contributed by atoms with Gasteiger partial charge in [0.15, 0.2) is 11.0 Å². The first kappa shape index (κ1) is 16.5. The lowest BCUT2D eigenvalue weighted by Gasteiger charge is -2.12. The standard InChI is InChI=1S/C18H16N6OS/c1-12-6-3-4-8-15(12)24-17(14-7-5-9-19-10-14)22-23-18(24)26-11-16-21-20-13(2)25-16/h3-10H,11H2,1-2H3. The quantitative estimate of drug-likeness (QED) is 0.500. The Morgan fingerprint density at radius 3 is 2.62 bits per heavy atom. The first-order valence-electron chi connectivity index (χ1n) is 8.06. The summed E-state index contributed by atoms with van der Waals surface area (Å²) in [5, 5.41) is 17.5. The minimum atomic E-state index is 0.526. The predicted octanol–water partition coefficient (Wildman–Crippen LogP) is 3.62. The number of hydrogen-bond acceptors (Lipinski definition) is 7. The highest BCUT2D eigenvalue weighted by Crippen LogP contribution is 2.30. The molecule has 0 amide bonds. The summed E-state index contributed by atoms with van der Waals surface area (Å²) in [4.78, 5) is 4.20. The van der Waals surface area contributed by atoms with E-state index in [1.807, 2.05) is 28.8 Å². The van der Waals surface area contributed by atoms with E-state index < -0.39 is 0 Å². The van der Waals surface area contributed by atoms with E-state index in [0.29, 0.717) is 17.5 Å². The topological polar surface area (TPSA) is 82.5 Å². The summed E-state index contributed by atoms with van der Waals surface area (Å²) in [5.41, 5.74) is 3.07. The average Bonchev–Trinajstić information content (AvgIpc) is 3.27. The molecule has 1 aromatic carbocycles. The van der Waals surface area contributed by atoms with E-state index in [-0.39, 0.29) is 0 Å². The van der Waals surface area contributed by atoms with E-state index in [4.69, 9.17) is 4.42 Å². The normalized spacial score (nSPS) is 11.0. The van der Waals surface area contributed by atoms with Gasteiger partial charge < -0.3 is 4.42 Å². The molecule has 0 bridgehead atoms. The Labute approximate surface area is 154 Å². The van der Waals surface area contributed by atoms with E-state index in [1.165, 1.54) is 11.8 Å². The molecule has 4 rings (SSSR count). The third-order valence-electron chi connectivity index (χ3n) is 3.80. The molecule has 0 radical (unpaired) electrons. The summed E-state index contributed by atoms with van der Waals surface area (Å²) < 4.78 is 7.50. The van der Waals surface area contributed by atoms with Crippen molar-refractivity contribution < 1.29 is 4.42 Å². The van der Waals surface area contributed by atoms with Crippen LogP contribution in [0.25, 0.3) is 17.1 Å². The number of nitrogens with zero attached hydrogens (tertiary/aromatic N) is 6. The van der Waals surface area contributed by atoms with Gasteiger partial charge in [-0.2, -0.15) is 0 Å². The van der Waals surface area contributed by atoms with Gasteiger partial charge in [-0.3, -0.25) is 9.55 Å². The second-order valence-corrected chi connectivity index (χ2v) is 6.62. The van der Waals surface area contributed by atoms with Crippen molar-refractivity contribution >= 4 is 11.8 Å². The van der Waals surface area contributed by atoms with Gasteiger partial charge in [-0.15, -0.1) is 20.4 Å². The highest BCUT2D eigenvalue weighted by molar-refractivity contribution is 7.98. The summed E-state index contributed by atoms with van der Waals surface area (Å²) in [6, 6.07) is 12.0. The Kier molecular flexibility index (Phi) is 4.49. The van der Waals surface area contributed by atoms with Crippen molar-refractivity contribution in [2.24, 2.45) is 0 Å². The van der Waals surface area contributed by atoms with Crippen molar-refractivity contribution in [3.8, 4) is 17.1 Å². The van der Waals surface area contributed by atoms with Crippen molar-refractivity contribution in [1.29, 1.82) is 0 Å². The van der Waals surface area contributed by atoms with Gasteiger partial charge in [0.25, 0.3) is 0 Å². The maximum atomic E-state index is 5.46. The van der Waals surface area contributed by atoms with Gasteiger partial charge in [-0.25, -0.2) is 0 Å². The van der Waals surface area contributed by atoms with Crippen molar-refractivity contribution in [3.63, 3.8) is 0 Å². The molecular weight excluding hydrogens is 348 g/mol. The lowest BCUT2D eigenvalue weighted by Crippen LogP contribution is -2.02. The number of aryl methyl sites for hydroxylation is 2. The SMILES string of the molecule is Cc1nnc(CSc2nnc(-c3cccnc3)n2-c2ccccc2C)o1. The molecule has 4 aromatic rings. The molecule has 0 atom stereocenters. The second-order valence-electron chi connectivity index (χ2n) is 5.67. The third kappa shape index (κ3) is 3.23. The highest BCUT2D eigenvalue weighted by Gasteiger charge is 2.18. The summed E-state index contributed by atoms with van der Waals surface area (Å²) in [6.07, 6.45) is 3.53. The lowest BCUT2D eigenvalue weighted by atomic mass is 10.2. The van der Waals surface area contributed by atoms with Crippen molar-refractivity contribution in [3.05, 3.63) is 66.1 Å². The summed E-state index contributed by atoms with van der Waals surface area (Å²) in [7, 11) is 0. The Balaban J connectivity index is 1.77. The molecule has 7 nitrogen and oxygen atoms in total. The fourth-order valence-electron chi connectivity index (χ4n) is 2.60. The number of hydrogen-bond donors (Lipinski definition) is 0. The monoisotopic (exact) mass is 364 g/mol. The van der Waals surface area contributed by atoms with Crippen LogP contribution in [0, 0.1) is 13.8 Å². The number of benzene rings is 1. The zero-order chi connectivity index (χ0) is 17.9. The zero-order valence-electron chi connectivity index (χ0n) is 14.3. The van der Waals surface area contributed by atoms with E-state index in [2.05, 4.69) is 44.4 Å². The van der Waals surface area contributed by atoms with Crippen molar-refractivity contribution in [2.45, 2.75) is 24.8 Å². The average molecular weight is 364 g/mol. The second kappa shape index (κ2) is 7.09. The van der Waals surface area contributed by atoms with Crippen LogP contribution in [-0.4, -0.2) is 29.9 Å². The number of para-hydroxylation sites is 1. The molecule has 3 heterocycles. The fourth-order valence-corrected chi connectivity index (χ4v) is 3.38. The molecule has 0 fully saturated rings. The molecular formula is C18H16N6OS. The molecule has 0 unspecified atom stereocenters. The fraction of sp³-hybridized carbons (Fsp3) is 0.167. The zero-order valence-corrected chi connectivity index (χ0v) is 15.1. The minimum absolute atomic E-state index is 0.526. The van der Waals surface area contributed by atoms with Gasteiger partial charge in [-0.1, -0.05) is 30.0 Å². The van der Waals surface area contributed by atoms with Crippen LogP contribution in [0.1, 0.15) is 17.3 Å². The van der Waals surface area contributed by atoms with Crippen molar-refractivity contribution in [2.75, 3.05) is 0 Å². The molecule has 0 saturated heterocycles. The number of aromatic nitrogens is 6. The van der Waals surface area contributed by atoms with Crippen LogP contribution >= 0.6 is 11.8 Å². The first-order chi connectivity index (χ1) is 12.7. The van der Waals surface area contributed by atoms with E-state index in [1.54, 1.807) is 19.3 Å². The van der Waals surface area contributed by atoms with Gasteiger partial charge in [0.05, 0.1) is 11.4 Å². The van der Waals surface area contributed by atoms with Gasteiger partial charge in [-0.05, 0) is 30.7 Å². The van der Waals surface area contributed by atoms with Crippen LogP contribution in [0.3, 0.4) is 0 Å². The van der Waals surface area contributed by atoms with E-state index in [0.717, 1.165) is 27.8 Å². The molecule has 130 valence electrons. The van der Waals surface area contributed by atoms with Crippen LogP contribution in [0.2, 0.25) is 0 Å². The van der Waals surface area contributed by atoms with E-state index in [9.17, 15) is 0 Å². The molecule has 0 saturated carbocycles. The predicted molar refractivity (Wildman–Crippen MR) is 97.9 cm³/mol. The minimum Gasteiger partial charge on any atom is -0.425 e. The third-order valence-corrected chi connectivity index (χ3v) is 4.72. The molecule has 0 aliphatic carbocycles. The summed E-state index contributed by atoms with van der Waals surface area (Å²) >= 11 is 1.51. The molecule has 0 aliphatic rings. The Hall–Kier alpha value is -3.00. The summed E-state index contributed by atoms with van der Waals surface area (Å²) in [6.45, 7) is 3.84. The van der Waals surface area contributed by atoms with Crippen LogP contribution in [0.4, 0.5) is 0 Å². The van der Waals surface area contributed by atoms with Gasteiger partial charge >= 0.3 is 0 Å². The highest BCUT2D eigenvalue weighted by atomic mass is 32.2. The number of pyridine rings is 1. The number of rotatable bonds is 5. The van der Waals surface area contributed by atoms with Gasteiger partial charge in [0.1, 0.15) is 0 Å². The Bertz CT molecular complexity index is 1030. The molecule has 0 spiro atoms. The van der Waals surface area contributed by atoms with E-state index >= 15 is 0 Å². The molecule has 3 aromatic heterocycles. The maximum Gasteiger partial charge on any atom is 0.226 e. The summed E-state index contributed by atoms with van der Waals surface area (Å²) in [5.74, 6) is 2.39. The van der Waals surface area contributed by atoms with Crippen LogP contribution < -0.4 is 0 Å². The lowest BCUT2D eigenvalue weighted by molar-refractivity contribution is 0.485. The van der Waals surface area contributed by atoms with Gasteiger partial charge in [0, 0.05) is 24.9 Å². The largest absolute Gasteiger partial charge is 0.425 e. The number of thioether (sulfide) groups is 1. The van der Waals surface area contributed by atoms with Crippen LogP contribution in [0.15, 0.2) is 58.4 Å². The maximum absolute atomic E-state index is 5.46. The Morgan fingerprint density at radius 1 is 1.00 bits per heavy atom. The molecule has 0 aliphatic heterocycles. The Morgan fingerprint density at radius 2 is 1.88 bits per heavy atom. The van der Waals surface area contributed by atoms with Crippen LogP contribution in [-0.2, 0) is 5.75 Å². The van der Waals surface area contributed by atoms with Crippen LogP contribution in [0.5, 0.6) is 0 Å². The molecule has 0 N–H and O–H groups in total. The van der Waals surface area contributed by atoms with Crippen molar-refractivity contribution in [1.82, 2.24) is 29.9 Å². The smallest absolute Gasteiger partial charge is 0.226 e. The van der Waals surface area contributed by atoms with Gasteiger partial charge in [0.2, 0.25) is 11.8 Å².